The molecule has 0 bridgehead atoms. The lowest BCUT2D eigenvalue weighted by Crippen LogP contribution is -2.27. The maximum atomic E-state index is 12.7. The van der Waals surface area contributed by atoms with Gasteiger partial charge in [-0.25, -0.2) is 14.8 Å². The molecular weight excluding hydrogens is 361 g/mol. The zero-order chi connectivity index (χ0) is 20.0. The molecule has 1 aromatic rings. The number of hydrogen-bond acceptors (Lipinski definition) is 5. The minimum atomic E-state index is -4.14. The van der Waals surface area contributed by atoms with Crippen LogP contribution in [0.2, 0.25) is 0 Å². The molecule has 2 rings (SSSR count). The van der Waals surface area contributed by atoms with Crippen LogP contribution in [-0.2, 0) is 4.79 Å². The van der Waals surface area contributed by atoms with Gasteiger partial charge in [0.2, 0.25) is 5.95 Å². The fraction of sp³-hybridized carbons (Fsp3) is 0.444. The standard InChI is InChI=1S/C18H19F3N4O2/c1-11(16(26)27)9-23-17-24-10-13(8-22)15(25-17)7-4-12-2-5-14(6-3-12)18(19,20)21/h4,7,10,12,14H,1-3,5-6,9H2,(H,26,27)(H,23,24,25)/b7-4+. The second-order valence-corrected chi connectivity index (χ2v) is 6.38. The molecule has 1 aromatic heterocycles. The monoisotopic (exact) mass is 380 g/mol. The summed E-state index contributed by atoms with van der Waals surface area (Å²) in [7, 11) is 0. The van der Waals surface area contributed by atoms with Crippen molar-refractivity contribution in [3.05, 3.63) is 35.7 Å². The number of nitrogens with zero attached hydrogens (tertiary/aromatic N) is 3. The Morgan fingerprint density at radius 3 is 2.63 bits per heavy atom. The van der Waals surface area contributed by atoms with Crippen molar-refractivity contribution in [1.29, 1.82) is 5.26 Å². The molecule has 0 aromatic carbocycles. The molecule has 0 atom stereocenters. The minimum absolute atomic E-state index is 0.00620. The quantitative estimate of drug-likeness (QED) is 0.729. The lowest BCUT2D eigenvalue weighted by Gasteiger charge is -2.28. The van der Waals surface area contributed by atoms with E-state index in [4.69, 9.17) is 10.4 Å². The lowest BCUT2D eigenvalue weighted by molar-refractivity contribution is -0.183. The third-order valence-electron chi connectivity index (χ3n) is 4.46. The second kappa shape index (κ2) is 8.66. The number of nitrogens with one attached hydrogen (secondary N) is 1. The van der Waals surface area contributed by atoms with Crippen LogP contribution < -0.4 is 5.32 Å². The fourth-order valence-electron chi connectivity index (χ4n) is 2.82. The smallest absolute Gasteiger partial charge is 0.391 e. The van der Waals surface area contributed by atoms with Crippen LogP contribution in [0.3, 0.4) is 0 Å². The molecule has 0 spiro atoms. The number of carbonyl (C=O) groups is 1. The number of halogens is 3. The van der Waals surface area contributed by atoms with Gasteiger partial charge in [0.15, 0.2) is 0 Å². The van der Waals surface area contributed by atoms with Gasteiger partial charge in [0.25, 0.3) is 0 Å². The normalized spacial score (nSPS) is 20.2. The lowest BCUT2D eigenvalue weighted by atomic mass is 9.81. The van der Waals surface area contributed by atoms with Gasteiger partial charge >= 0.3 is 12.1 Å². The molecule has 9 heteroatoms. The van der Waals surface area contributed by atoms with Crippen LogP contribution >= 0.6 is 0 Å². The van der Waals surface area contributed by atoms with E-state index in [0.717, 1.165) is 0 Å². The van der Waals surface area contributed by atoms with Crippen molar-refractivity contribution < 1.29 is 23.1 Å². The first-order valence-corrected chi connectivity index (χ1v) is 8.37. The van der Waals surface area contributed by atoms with Gasteiger partial charge in [-0.2, -0.15) is 18.4 Å². The Hall–Kier alpha value is -2.89. The fourth-order valence-corrected chi connectivity index (χ4v) is 2.82. The molecule has 144 valence electrons. The molecule has 0 amide bonds. The SMILES string of the molecule is C=C(CNc1ncc(C#N)c(/C=C/C2CCC(C(F)(F)F)CC2)n1)C(=O)O. The number of nitriles is 1. The van der Waals surface area contributed by atoms with Crippen molar-refractivity contribution in [2.24, 2.45) is 11.8 Å². The van der Waals surface area contributed by atoms with Crippen molar-refractivity contribution in [1.82, 2.24) is 9.97 Å². The molecule has 27 heavy (non-hydrogen) atoms. The number of carboxylic acid groups (broad SMARTS) is 1. The maximum absolute atomic E-state index is 12.7. The van der Waals surface area contributed by atoms with E-state index in [0.29, 0.717) is 18.5 Å². The average molecular weight is 380 g/mol. The van der Waals surface area contributed by atoms with E-state index in [9.17, 15) is 18.0 Å². The topological polar surface area (TPSA) is 98.9 Å². The zero-order valence-electron chi connectivity index (χ0n) is 14.5. The van der Waals surface area contributed by atoms with Crippen LogP contribution in [0, 0.1) is 23.2 Å². The van der Waals surface area contributed by atoms with E-state index in [1.165, 1.54) is 6.20 Å². The number of alkyl halides is 3. The molecule has 1 saturated carbocycles. The summed E-state index contributed by atoms with van der Waals surface area (Å²) in [6.07, 6.45) is 1.59. The number of allylic oxidation sites excluding steroid dienone is 1. The molecule has 1 fully saturated rings. The summed E-state index contributed by atoms with van der Waals surface area (Å²) >= 11 is 0. The molecule has 0 unspecified atom stereocenters. The van der Waals surface area contributed by atoms with Crippen molar-refractivity contribution in [2.45, 2.75) is 31.9 Å². The van der Waals surface area contributed by atoms with Crippen molar-refractivity contribution >= 4 is 18.0 Å². The molecule has 1 aliphatic carbocycles. The predicted octanol–water partition coefficient (Wildman–Crippen LogP) is 3.78. The number of aromatic nitrogens is 2. The number of aliphatic carboxylic acids is 1. The van der Waals surface area contributed by atoms with Gasteiger partial charge in [-0.1, -0.05) is 12.7 Å². The Bertz CT molecular complexity index is 776. The van der Waals surface area contributed by atoms with Crippen LogP contribution in [0.15, 0.2) is 24.4 Å². The van der Waals surface area contributed by atoms with E-state index in [2.05, 4.69) is 21.9 Å². The summed E-state index contributed by atoms with van der Waals surface area (Å²) in [6, 6.07) is 1.96. The summed E-state index contributed by atoms with van der Waals surface area (Å²) in [4.78, 5) is 18.8. The molecule has 0 saturated heterocycles. The van der Waals surface area contributed by atoms with Crippen LogP contribution in [0.1, 0.15) is 36.9 Å². The van der Waals surface area contributed by atoms with Crippen LogP contribution in [-0.4, -0.2) is 33.8 Å². The molecular formula is C18H19F3N4O2. The average Bonchev–Trinajstić information content (AvgIpc) is 2.63. The Morgan fingerprint density at radius 2 is 2.07 bits per heavy atom. The first-order chi connectivity index (χ1) is 12.7. The van der Waals surface area contributed by atoms with Gasteiger partial charge in [0.05, 0.1) is 23.4 Å². The van der Waals surface area contributed by atoms with Crippen molar-refractivity contribution in [2.75, 3.05) is 11.9 Å². The van der Waals surface area contributed by atoms with E-state index >= 15 is 0 Å². The summed E-state index contributed by atoms with van der Waals surface area (Å²) < 4.78 is 38.2. The maximum Gasteiger partial charge on any atom is 0.391 e. The largest absolute Gasteiger partial charge is 0.478 e. The predicted molar refractivity (Wildman–Crippen MR) is 92.5 cm³/mol. The van der Waals surface area contributed by atoms with Crippen molar-refractivity contribution in [3.8, 4) is 6.07 Å². The molecule has 2 N–H and O–H groups in total. The van der Waals surface area contributed by atoms with Crippen LogP contribution in [0.5, 0.6) is 0 Å². The number of rotatable bonds is 6. The third-order valence-corrected chi connectivity index (χ3v) is 4.46. The summed E-state index contributed by atoms with van der Waals surface area (Å²) in [5, 5.41) is 20.7. The van der Waals surface area contributed by atoms with Gasteiger partial charge in [0.1, 0.15) is 6.07 Å². The Kier molecular flexibility index (Phi) is 6.55. The highest BCUT2D eigenvalue weighted by Gasteiger charge is 2.40. The van der Waals surface area contributed by atoms with E-state index in [1.54, 1.807) is 12.2 Å². The highest BCUT2D eigenvalue weighted by Crippen LogP contribution is 2.39. The highest BCUT2D eigenvalue weighted by atomic mass is 19.4. The molecule has 1 aliphatic rings. The second-order valence-electron chi connectivity index (χ2n) is 6.38. The van der Waals surface area contributed by atoms with E-state index in [1.807, 2.05) is 6.07 Å². The van der Waals surface area contributed by atoms with Gasteiger partial charge < -0.3 is 10.4 Å². The molecule has 1 heterocycles. The first-order valence-electron chi connectivity index (χ1n) is 8.37. The van der Waals surface area contributed by atoms with Gasteiger partial charge in [-0.3, -0.25) is 0 Å². The van der Waals surface area contributed by atoms with Crippen LogP contribution in [0.4, 0.5) is 19.1 Å². The number of hydrogen-bond donors (Lipinski definition) is 2. The van der Waals surface area contributed by atoms with Gasteiger partial charge in [-0.15, -0.1) is 0 Å². The van der Waals surface area contributed by atoms with Crippen LogP contribution in [0.25, 0.3) is 6.08 Å². The Balaban J connectivity index is 2.03. The highest BCUT2D eigenvalue weighted by molar-refractivity contribution is 5.86. The summed E-state index contributed by atoms with van der Waals surface area (Å²) in [5.41, 5.74) is 0.480. The Labute approximate surface area is 154 Å². The molecule has 6 nitrogen and oxygen atoms in total. The molecule has 0 aliphatic heterocycles. The zero-order valence-corrected chi connectivity index (χ0v) is 14.5. The van der Waals surface area contributed by atoms with Crippen molar-refractivity contribution in [3.63, 3.8) is 0 Å². The minimum Gasteiger partial charge on any atom is -0.478 e. The Morgan fingerprint density at radius 1 is 1.41 bits per heavy atom. The first kappa shape index (κ1) is 20.4. The summed E-state index contributed by atoms with van der Waals surface area (Å²) in [6.45, 7) is 3.32. The number of carboxylic acids is 1. The van der Waals surface area contributed by atoms with E-state index < -0.39 is 18.1 Å². The third kappa shape index (κ3) is 5.81. The van der Waals surface area contributed by atoms with Gasteiger partial charge in [-0.05, 0) is 37.7 Å². The number of anilines is 1. The van der Waals surface area contributed by atoms with E-state index in [-0.39, 0.29) is 42.4 Å². The molecule has 0 radical (unpaired) electrons. The van der Waals surface area contributed by atoms with Gasteiger partial charge in [0, 0.05) is 12.1 Å². The summed E-state index contributed by atoms with van der Waals surface area (Å²) in [5.74, 6) is -2.26.